The SMILES string of the molecule is c1ccc2c(c1)OCCN2N=C1CCNCC1. The maximum atomic E-state index is 5.62. The molecule has 1 aromatic rings. The van der Waals surface area contributed by atoms with Crippen molar-refractivity contribution in [2.75, 3.05) is 31.3 Å². The number of nitrogens with zero attached hydrogens (tertiary/aromatic N) is 2. The van der Waals surface area contributed by atoms with Gasteiger partial charge < -0.3 is 10.1 Å². The summed E-state index contributed by atoms with van der Waals surface area (Å²) in [6, 6.07) is 8.10. The number of piperidine rings is 1. The van der Waals surface area contributed by atoms with Gasteiger partial charge in [0.25, 0.3) is 0 Å². The van der Waals surface area contributed by atoms with Crippen molar-refractivity contribution in [3.05, 3.63) is 24.3 Å². The predicted octanol–water partition coefficient (Wildman–Crippen LogP) is 1.62. The number of hydrogen-bond donors (Lipinski definition) is 1. The van der Waals surface area contributed by atoms with E-state index in [-0.39, 0.29) is 0 Å². The number of anilines is 1. The van der Waals surface area contributed by atoms with Crippen molar-refractivity contribution >= 4 is 11.4 Å². The van der Waals surface area contributed by atoms with E-state index in [4.69, 9.17) is 9.84 Å². The van der Waals surface area contributed by atoms with Gasteiger partial charge in [0.05, 0.1) is 6.54 Å². The molecule has 4 nitrogen and oxygen atoms in total. The van der Waals surface area contributed by atoms with E-state index in [0.29, 0.717) is 6.61 Å². The molecule has 1 saturated heterocycles. The van der Waals surface area contributed by atoms with Crippen LogP contribution in [0, 0.1) is 0 Å². The van der Waals surface area contributed by atoms with Gasteiger partial charge in [-0.2, -0.15) is 5.10 Å². The fraction of sp³-hybridized carbons (Fsp3) is 0.462. The molecule has 0 saturated carbocycles. The maximum Gasteiger partial charge on any atom is 0.144 e. The lowest BCUT2D eigenvalue weighted by atomic mass is 10.1. The molecule has 0 unspecified atom stereocenters. The summed E-state index contributed by atoms with van der Waals surface area (Å²) in [7, 11) is 0. The third-order valence-electron chi connectivity index (χ3n) is 3.15. The van der Waals surface area contributed by atoms with E-state index < -0.39 is 0 Å². The highest BCUT2D eigenvalue weighted by molar-refractivity contribution is 5.86. The van der Waals surface area contributed by atoms with Gasteiger partial charge in [0.15, 0.2) is 0 Å². The van der Waals surface area contributed by atoms with E-state index in [2.05, 4.69) is 16.4 Å². The third-order valence-corrected chi connectivity index (χ3v) is 3.15. The maximum absolute atomic E-state index is 5.62. The van der Waals surface area contributed by atoms with Crippen molar-refractivity contribution in [2.24, 2.45) is 5.10 Å². The van der Waals surface area contributed by atoms with Gasteiger partial charge in [0, 0.05) is 31.6 Å². The number of hydrazone groups is 1. The van der Waals surface area contributed by atoms with E-state index in [1.807, 2.05) is 18.2 Å². The summed E-state index contributed by atoms with van der Waals surface area (Å²) in [5, 5.41) is 10.2. The van der Waals surface area contributed by atoms with Crippen molar-refractivity contribution in [1.82, 2.24) is 5.32 Å². The van der Waals surface area contributed by atoms with E-state index in [9.17, 15) is 0 Å². The molecule has 17 heavy (non-hydrogen) atoms. The first-order valence-corrected chi connectivity index (χ1v) is 6.20. The monoisotopic (exact) mass is 231 g/mol. The molecule has 1 fully saturated rings. The van der Waals surface area contributed by atoms with Crippen molar-refractivity contribution < 1.29 is 4.74 Å². The molecular weight excluding hydrogens is 214 g/mol. The van der Waals surface area contributed by atoms with Crippen LogP contribution in [0.2, 0.25) is 0 Å². The molecule has 0 aromatic heterocycles. The number of benzene rings is 1. The molecule has 0 bridgehead atoms. The molecule has 0 amide bonds. The lowest BCUT2D eigenvalue weighted by Gasteiger charge is -2.28. The highest BCUT2D eigenvalue weighted by Crippen LogP contribution is 2.31. The fourth-order valence-electron chi connectivity index (χ4n) is 2.24. The molecule has 90 valence electrons. The second-order valence-corrected chi connectivity index (χ2v) is 4.36. The molecule has 4 heteroatoms. The summed E-state index contributed by atoms with van der Waals surface area (Å²) < 4.78 is 5.62. The van der Waals surface area contributed by atoms with Crippen molar-refractivity contribution in [1.29, 1.82) is 0 Å². The van der Waals surface area contributed by atoms with Crippen molar-refractivity contribution in [2.45, 2.75) is 12.8 Å². The molecule has 1 aromatic carbocycles. The summed E-state index contributed by atoms with van der Waals surface area (Å²) in [4.78, 5) is 0. The summed E-state index contributed by atoms with van der Waals surface area (Å²) in [6.45, 7) is 3.65. The third kappa shape index (κ3) is 2.26. The molecular formula is C13H17N3O. The van der Waals surface area contributed by atoms with Gasteiger partial charge in [0.1, 0.15) is 18.0 Å². The Morgan fingerprint density at radius 1 is 1.18 bits per heavy atom. The number of ether oxygens (including phenoxy) is 1. The number of rotatable bonds is 1. The quantitative estimate of drug-likeness (QED) is 0.798. The average Bonchev–Trinajstić information content (AvgIpc) is 2.40. The average molecular weight is 231 g/mol. The van der Waals surface area contributed by atoms with E-state index in [1.54, 1.807) is 0 Å². The number of hydrogen-bond acceptors (Lipinski definition) is 4. The predicted molar refractivity (Wildman–Crippen MR) is 68.8 cm³/mol. The minimum Gasteiger partial charge on any atom is -0.489 e. The Morgan fingerprint density at radius 2 is 2.00 bits per heavy atom. The number of nitrogens with one attached hydrogen (secondary N) is 1. The molecule has 0 radical (unpaired) electrons. The van der Waals surface area contributed by atoms with Gasteiger partial charge in [-0.1, -0.05) is 12.1 Å². The van der Waals surface area contributed by atoms with Crippen molar-refractivity contribution in [3.63, 3.8) is 0 Å². The summed E-state index contributed by atoms with van der Waals surface area (Å²) in [5.41, 5.74) is 2.38. The topological polar surface area (TPSA) is 36.9 Å². The summed E-state index contributed by atoms with van der Waals surface area (Å²) >= 11 is 0. The van der Waals surface area contributed by atoms with Gasteiger partial charge in [-0.25, -0.2) is 0 Å². The van der Waals surface area contributed by atoms with E-state index in [0.717, 1.165) is 43.9 Å². The zero-order valence-electron chi connectivity index (χ0n) is 9.85. The smallest absolute Gasteiger partial charge is 0.144 e. The molecule has 0 atom stereocenters. The summed E-state index contributed by atoms with van der Waals surface area (Å²) in [5.74, 6) is 0.942. The zero-order chi connectivity index (χ0) is 11.5. The van der Waals surface area contributed by atoms with Gasteiger partial charge in [-0.15, -0.1) is 0 Å². The van der Waals surface area contributed by atoms with Crippen LogP contribution >= 0.6 is 0 Å². The van der Waals surface area contributed by atoms with Crippen molar-refractivity contribution in [3.8, 4) is 5.75 Å². The molecule has 0 spiro atoms. The van der Waals surface area contributed by atoms with Crippen LogP contribution in [-0.2, 0) is 0 Å². The van der Waals surface area contributed by atoms with Crippen LogP contribution in [-0.4, -0.2) is 32.0 Å². The summed E-state index contributed by atoms with van der Waals surface area (Å²) in [6.07, 6.45) is 2.11. The molecule has 2 heterocycles. The number of para-hydroxylation sites is 2. The molecule has 3 rings (SSSR count). The molecule has 2 aliphatic heterocycles. The standard InChI is InChI=1S/C13H17N3O/c1-2-4-13-12(3-1)16(9-10-17-13)15-11-5-7-14-8-6-11/h1-4,14H,5-10H2. The fourth-order valence-corrected chi connectivity index (χ4v) is 2.24. The van der Waals surface area contributed by atoms with E-state index in [1.165, 1.54) is 5.71 Å². The Labute approximate surface area is 101 Å². The van der Waals surface area contributed by atoms with E-state index >= 15 is 0 Å². The van der Waals surface area contributed by atoms with Crippen LogP contribution in [0.4, 0.5) is 5.69 Å². The van der Waals surface area contributed by atoms with Crippen LogP contribution in [0.1, 0.15) is 12.8 Å². The first kappa shape index (κ1) is 10.6. The lowest BCUT2D eigenvalue weighted by molar-refractivity contribution is 0.308. The molecule has 0 aliphatic carbocycles. The first-order chi connectivity index (χ1) is 8.43. The molecule has 2 aliphatic rings. The minimum atomic E-state index is 0.714. The first-order valence-electron chi connectivity index (χ1n) is 6.20. The van der Waals surface area contributed by atoms with Crippen LogP contribution < -0.4 is 15.1 Å². The van der Waals surface area contributed by atoms with Crippen LogP contribution in [0.15, 0.2) is 29.4 Å². The Balaban J connectivity index is 1.84. The minimum absolute atomic E-state index is 0.714. The Morgan fingerprint density at radius 3 is 2.88 bits per heavy atom. The second kappa shape index (κ2) is 4.75. The lowest BCUT2D eigenvalue weighted by Crippen LogP contribution is -2.33. The largest absolute Gasteiger partial charge is 0.489 e. The Hall–Kier alpha value is -1.55. The van der Waals surface area contributed by atoms with Crippen LogP contribution in [0.25, 0.3) is 0 Å². The van der Waals surface area contributed by atoms with Crippen LogP contribution in [0.3, 0.4) is 0 Å². The molecule has 1 N–H and O–H groups in total. The Bertz CT molecular complexity index is 422. The van der Waals surface area contributed by atoms with Gasteiger partial charge in [-0.3, -0.25) is 5.01 Å². The second-order valence-electron chi connectivity index (χ2n) is 4.36. The van der Waals surface area contributed by atoms with Crippen LogP contribution in [0.5, 0.6) is 5.75 Å². The van der Waals surface area contributed by atoms with Gasteiger partial charge in [0.2, 0.25) is 0 Å². The highest BCUT2D eigenvalue weighted by Gasteiger charge is 2.17. The van der Waals surface area contributed by atoms with Gasteiger partial charge >= 0.3 is 0 Å². The normalized spacial score (nSPS) is 19.5. The highest BCUT2D eigenvalue weighted by atomic mass is 16.5. The Kier molecular flexibility index (Phi) is 2.96. The zero-order valence-corrected chi connectivity index (χ0v) is 9.85. The van der Waals surface area contributed by atoms with Gasteiger partial charge in [-0.05, 0) is 12.1 Å². The number of fused-ring (bicyclic) bond motifs is 1.